The molecule has 0 radical (unpaired) electrons. The van der Waals surface area contributed by atoms with Crippen LogP contribution >= 0.6 is 23.4 Å². The Labute approximate surface area is 110 Å². The molecular formula is C12H16ClFN2S. The van der Waals surface area contributed by atoms with E-state index in [1.165, 1.54) is 18.2 Å². The Morgan fingerprint density at radius 2 is 2.41 bits per heavy atom. The van der Waals surface area contributed by atoms with Gasteiger partial charge in [-0.2, -0.15) is 11.8 Å². The van der Waals surface area contributed by atoms with Crippen molar-refractivity contribution in [3.05, 3.63) is 34.6 Å². The summed E-state index contributed by atoms with van der Waals surface area (Å²) in [5.41, 5.74) is 3.48. The van der Waals surface area contributed by atoms with Crippen LogP contribution in [0.25, 0.3) is 0 Å². The third-order valence-corrected chi connectivity index (χ3v) is 4.83. The number of nitrogens with one attached hydrogen (secondary N) is 1. The topological polar surface area (TPSA) is 38.0 Å². The van der Waals surface area contributed by atoms with Crippen LogP contribution in [-0.4, -0.2) is 17.0 Å². The average Bonchev–Trinajstić information content (AvgIpc) is 2.81. The zero-order valence-corrected chi connectivity index (χ0v) is 11.0. The average molecular weight is 275 g/mol. The van der Waals surface area contributed by atoms with Crippen LogP contribution in [0.15, 0.2) is 18.2 Å². The first-order valence-corrected chi connectivity index (χ1v) is 7.15. The molecule has 1 aromatic rings. The van der Waals surface area contributed by atoms with E-state index in [-0.39, 0.29) is 11.9 Å². The molecule has 17 heavy (non-hydrogen) atoms. The van der Waals surface area contributed by atoms with Gasteiger partial charge in [-0.25, -0.2) is 4.39 Å². The molecule has 0 amide bonds. The van der Waals surface area contributed by atoms with Crippen molar-refractivity contribution in [2.75, 3.05) is 5.75 Å². The molecule has 0 saturated carbocycles. The lowest BCUT2D eigenvalue weighted by Gasteiger charge is -2.22. The second-order valence-corrected chi connectivity index (χ2v) is 6.05. The minimum absolute atomic E-state index is 0.123. The second kappa shape index (κ2) is 6.05. The van der Waals surface area contributed by atoms with Crippen LogP contribution in [-0.2, 0) is 6.42 Å². The molecule has 1 aliphatic rings. The van der Waals surface area contributed by atoms with Gasteiger partial charge in [0, 0.05) is 16.3 Å². The van der Waals surface area contributed by atoms with Gasteiger partial charge < -0.3 is 0 Å². The number of hydrogen-bond donors (Lipinski definition) is 2. The van der Waals surface area contributed by atoms with Crippen molar-refractivity contribution in [3.63, 3.8) is 0 Å². The van der Waals surface area contributed by atoms with Gasteiger partial charge in [-0.1, -0.05) is 17.7 Å². The highest BCUT2D eigenvalue weighted by atomic mass is 35.5. The molecule has 1 aliphatic heterocycles. The Hall–Kier alpha value is -0.290. The maximum Gasteiger partial charge on any atom is 0.127 e. The standard InChI is InChI=1S/C12H16ClFN2S/c13-9-4-3-8(10(14)7-9)6-11(16-15)12-2-1-5-17-12/h3-4,7,11-12,16H,1-2,5-6,15H2. The summed E-state index contributed by atoms with van der Waals surface area (Å²) in [4.78, 5) is 0. The molecule has 1 fully saturated rings. The molecule has 5 heteroatoms. The van der Waals surface area contributed by atoms with Crippen molar-refractivity contribution >= 4 is 23.4 Å². The molecule has 0 aromatic heterocycles. The predicted octanol–water partition coefficient (Wildman–Crippen LogP) is 2.75. The summed E-state index contributed by atoms with van der Waals surface area (Å²) in [6.45, 7) is 0. The molecule has 2 rings (SSSR count). The van der Waals surface area contributed by atoms with Gasteiger partial charge in [-0.05, 0) is 42.7 Å². The Morgan fingerprint density at radius 1 is 1.59 bits per heavy atom. The minimum Gasteiger partial charge on any atom is -0.271 e. The van der Waals surface area contributed by atoms with Crippen LogP contribution in [0.1, 0.15) is 18.4 Å². The quantitative estimate of drug-likeness (QED) is 0.655. The van der Waals surface area contributed by atoms with Crippen LogP contribution in [0, 0.1) is 5.82 Å². The fourth-order valence-electron chi connectivity index (χ4n) is 2.14. The van der Waals surface area contributed by atoms with E-state index in [0.29, 0.717) is 22.3 Å². The van der Waals surface area contributed by atoms with Crippen LogP contribution < -0.4 is 11.3 Å². The highest BCUT2D eigenvalue weighted by Gasteiger charge is 2.25. The highest BCUT2D eigenvalue weighted by Crippen LogP contribution is 2.30. The molecule has 2 nitrogen and oxygen atoms in total. The largest absolute Gasteiger partial charge is 0.271 e. The molecule has 1 aromatic carbocycles. The smallest absolute Gasteiger partial charge is 0.127 e. The maximum absolute atomic E-state index is 13.7. The monoisotopic (exact) mass is 274 g/mol. The van der Waals surface area contributed by atoms with E-state index < -0.39 is 0 Å². The van der Waals surface area contributed by atoms with Crippen molar-refractivity contribution < 1.29 is 4.39 Å². The summed E-state index contributed by atoms with van der Waals surface area (Å²) in [6, 6.07) is 4.93. The van der Waals surface area contributed by atoms with Crippen LogP contribution in [0.3, 0.4) is 0 Å². The first kappa shape index (κ1) is 13.1. The van der Waals surface area contributed by atoms with Crippen molar-refractivity contribution in [2.24, 2.45) is 5.84 Å². The van der Waals surface area contributed by atoms with Crippen LogP contribution in [0.2, 0.25) is 5.02 Å². The number of benzene rings is 1. The second-order valence-electron chi connectivity index (χ2n) is 4.26. The molecule has 2 atom stereocenters. The number of hydrazine groups is 1. The molecule has 2 unspecified atom stereocenters. The normalized spacial score (nSPS) is 21.7. The van der Waals surface area contributed by atoms with Crippen LogP contribution in [0.5, 0.6) is 0 Å². The lowest BCUT2D eigenvalue weighted by Crippen LogP contribution is -2.43. The first-order chi connectivity index (χ1) is 8.20. The molecular weight excluding hydrogens is 259 g/mol. The van der Waals surface area contributed by atoms with E-state index >= 15 is 0 Å². The summed E-state index contributed by atoms with van der Waals surface area (Å²) in [7, 11) is 0. The Balaban J connectivity index is 2.06. The predicted molar refractivity (Wildman–Crippen MR) is 71.7 cm³/mol. The molecule has 0 aliphatic carbocycles. The zero-order chi connectivity index (χ0) is 12.3. The molecule has 0 spiro atoms. The van der Waals surface area contributed by atoms with Gasteiger partial charge in [0.2, 0.25) is 0 Å². The van der Waals surface area contributed by atoms with Gasteiger partial charge in [0.25, 0.3) is 0 Å². The van der Waals surface area contributed by atoms with Gasteiger partial charge in [0.05, 0.1) is 0 Å². The van der Waals surface area contributed by atoms with E-state index in [1.54, 1.807) is 12.1 Å². The number of thioether (sulfide) groups is 1. The van der Waals surface area contributed by atoms with Gasteiger partial charge >= 0.3 is 0 Å². The first-order valence-electron chi connectivity index (χ1n) is 5.72. The lowest BCUT2D eigenvalue weighted by atomic mass is 10.0. The van der Waals surface area contributed by atoms with E-state index in [0.717, 1.165) is 6.42 Å². The third-order valence-electron chi connectivity index (χ3n) is 3.08. The number of nitrogens with two attached hydrogens (primary N) is 1. The zero-order valence-electron chi connectivity index (χ0n) is 9.46. The summed E-state index contributed by atoms with van der Waals surface area (Å²) in [5.74, 6) is 6.49. The van der Waals surface area contributed by atoms with Gasteiger partial charge in [0.15, 0.2) is 0 Å². The highest BCUT2D eigenvalue weighted by molar-refractivity contribution is 8.00. The molecule has 1 saturated heterocycles. The fraction of sp³-hybridized carbons (Fsp3) is 0.500. The summed E-state index contributed by atoms with van der Waals surface area (Å²) in [6.07, 6.45) is 2.97. The van der Waals surface area contributed by atoms with Crippen LogP contribution in [0.4, 0.5) is 4.39 Å². The van der Waals surface area contributed by atoms with Gasteiger partial charge in [-0.3, -0.25) is 11.3 Å². The Kier molecular flexibility index (Phi) is 4.68. The number of rotatable bonds is 4. The Bertz CT molecular complexity index is 383. The molecule has 94 valence electrons. The Morgan fingerprint density at radius 3 is 3.00 bits per heavy atom. The molecule has 3 N–H and O–H groups in total. The maximum atomic E-state index is 13.7. The van der Waals surface area contributed by atoms with Crippen molar-refractivity contribution in [1.82, 2.24) is 5.43 Å². The van der Waals surface area contributed by atoms with Crippen molar-refractivity contribution in [3.8, 4) is 0 Å². The van der Waals surface area contributed by atoms with E-state index in [1.807, 2.05) is 11.8 Å². The van der Waals surface area contributed by atoms with Crippen molar-refractivity contribution in [1.29, 1.82) is 0 Å². The minimum atomic E-state index is -0.249. The van der Waals surface area contributed by atoms with E-state index in [9.17, 15) is 4.39 Å². The number of hydrogen-bond acceptors (Lipinski definition) is 3. The molecule has 1 heterocycles. The summed E-state index contributed by atoms with van der Waals surface area (Å²) in [5, 5.41) is 0.911. The number of halogens is 2. The SMILES string of the molecule is NNC(Cc1ccc(Cl)cc1F)C1CCCS1. The van der Waals surface area contributed by atoms with E-state index in [2.05, 4.69) is 5.43 Å². The third kappa shape index (κ3) is 3.35. The fourth-order valence-corrected chi connectivity index (χ4v) is 3.68. The summed E-state index contributed by atoms with van der Waals surface area (Å²) < 4.78 is 13.7. The molecule has 0 bridgehead atoms. The summed E-state index contributed by atoms with van der Waals surface area (Å²) >= 11 is 7.64. The van der Waals surface area contributed by atoms with Gasteiger partial charge in [-0.15, -0.1) is 0 Å². The van der Waals surface area contributed by atoms with E-state index in [4.69, 9.17) is 17.4 Å². The van der Waals surface area contributed by atoms with Gasteiger partial charge in [0.1, 0.15) is 5.82 Å². The lowest BCUT2D eigenvalue weighted by molar-refractivity contribution is 0.484. The van der Waals surface area contributed by atoms with Crippen molar-refractivity contribution in [2.45, 2.75) is 30.6 Å².